The molecular weight excluding hydrogens is 404 g/mol. The summed E-state index contributed by atoms with van der Waals surface area (Å²) in [5.41, 5.74) is 6.25. The first-order chi connectivity index (χ1) is 10.4. The smallest absolute Gasteiger partial charge is 0.235 e. The lowest BCUT2D eigenvalue weighted by molar-refractivity contribution is -0.119. The Hall–Kier alpha value is -0.630. The molecule has 1 unspecified atom stereocenters. The van der Waals surface area contributed by atoms with Crippen LogP contribution in [0.5, 0.6) is 0 Å². The summed E-state index contributed by atoms with van der Waals surface area (Å²) in [5, 5.41) is 2.70. The van der Waals surface area contributed by atoms with Crippen molar-refractivity contribution < 1.29 is 13.2 Å². The van der Waals surface area contributed by atoms with Crippen LogP contribution in [-0.2, 0) is 20.4 Å². The number of halogens is 2. The minimum absolute atomic E-state index is 0. The van der Waals surface area contributed by atoms with Crippen LogP contribution >= 0.6 is 28.3 Å². The molecule has 0 radical (unpaired) electrons. The van der Waals surface area contributed by atoms with Crippen LogP contribution in [0.4, 0.5) is 0 Å². The first kappa shape index (κ1) is 22.4. The normalized spacial score (nSPS) is 12.3. The van der Waals surface area contributed by atoms with E-state index in [1.807, 2.05) is 6.07 Å². The fourth-order valence-electron chi connectivity index (χ4n) is 2.10. The number of rotatable bonds is 9. The average molecular weight is 428 g/mol. The van der Waals surface area contributed by atoms with Gasteiger partial charge in [0, 0.05) is 17.1 Å². The second-order valence-electron chi connectivity index (χ2n) is 5.30. The zero-order chi connectivity index (χ0) is 16.6. The Morgan fingerprint density at radius 1 is 1.39 bits per heavy atom. The molecule has 0 aliphatic heterocycles. The SMILES string of the molecule is CCCCC(CN)NC(=O)CS(=O)(=O)Cc1cccc(Br)c1.Cl. The number of carbonyl (C=O) groups excluding carboxylic acids is 1. The number of nitrogens with one attached hydrogen (secondary N) is 1. The predicted octanol–water partition coefficient (Wildman–Crippen LogP) is 2.42. The van der Waals surface area contributed by atoms with Gasteiger partial charge >= 0.3 is 0 Å². The van der Waals surface area contributed by atoms with Crippen LogP contribution < -0.4 is 11.1 Å². The van der Waals surface area contributed by atoms with Crippen LogP contribution in [0.3, 0.4) is 0 Å². The summed E-state index contributed by atoms with van der Waals surface area (Å²) >= 11 is 3.30. The molecule has 1 atom stereocenters. The maximum atomic E-state index is 12.1. The van der Waals surface area contributed by atoms with Crippen LogP contribution in [-0.4, -0.2) is 32.7 Å². The maximum Gasteiger partial charge on any atom is 0.235 e. The van der Waals surface area contributed by atoms with Crippen molar-refractivity contribution in [3.05, 3.63) is 34.3 Å². The van der Waals surface area contributed by atoms with Crippen LogP contribution in [0.2, 0.25) is 0 Å². The van der Waals surface area contributed by atoms with Crippen molar-refractivity contribution in [2.24, 2.45) is 5.73 Å². The highest BCUT2D eigenvalue weighted by atomic mass is 79.9. The number of amides is 1. The quantitative estimate of drug-likeness (QED) is 0.633. The molecule has 132 valence electrons. The molecule has 3 N–H and O–H groups in total. The Labute approximate surface area is 152 Å². The monoisotopic (exact) mass is 426 g/mol. The summed E-state index contributed by atoms with van der Waals surface area (Å²) in [6, 6.07) is 6.89. The van der Waals surface area contributed by atoms with E-state index in [1.165, 1.54) is 0 Å². The van der Waals surface area contributed by atoms with Crippen molar-refractivity contribution in [1.82, 2.24) is 5.32 Å². The molecule has 5 nitrogen and oxygen atoms in total. The van der Waals surface area contributed by atoms with Crippen molar-refractivity contribution >= 4 is 44.1 Å². The number of benzene rings is 1. The minimum atomic E-state index is -3.50. The van der Waals surface area contributed by atoms with Crippen molar-refractivity contribution in [3.63, 3.8) is 0 Å². The lowest BCUT2D eigenvalue weighted by Crippen LogP contribution is -2.42. The van der Waals surface area contributed by atoms with E-state index >= 15 is 0 Å². The molecule has 0 heterocycles. The molecule has 1 amide bonds. The molecular formula is C15H24BrClN2O3S. The third-order valence-corrected chi connectivity index (χ3v) is 5.15. The molecule has 0 aromatic heterocycles. The van der Waals surface area contributed by atoms with Crippen molar-refractivity contribution in [2.45, 2.75) is 38.0 Å². The van der Waals surface area contributed by atoms with Gasteiger partial charge in [-0.3, -0.25) is 4.79 Å². The summed E-state index contributed by atoms with van der Waals surface area (Å²) in [6.07, 6.45) is 2.73. The number of sulfone groups is 1. The number of unbranched alkanes of at least 4 members (excludes halogenated alkanes) is 1. The lowest BCUT2D eigenvalue weighted by atomic mass is 10.1. The van der Waals surface area contributed by atoms with Gasteiger partial charge < -0.3 is 11.1 Å². The maximum absolute atomic E-state index is 12.1. The number of carbonyl (C=O) groups is 1. The zero-order valence-corrected chi connectivity index (χ0v) is 16.3. The molecule has 0 aliphatic carbocycles. The van der Waals surface area contributed by atoms with E-state index in [0.29, 0.717) is 12.1 Å². The number of hydrogen-bond donors (Lipinski definition) is 2. The summed E-state index contributed by atoms with van der Waals surface area (Å²) in [6.45, 7) is 2.37. The van der Waals surface area contributed by atoms with Crippen LogP contribution in [0.25, 0.3) is 0 Å². The molecule has 8 heteroatoms. The molecule has 0 spiro atoms. The lowest BCUT2D eigenvalue weighted by Gasteiger charge is -2.16. The highest BCUT2D eigenvalue weighted by Crippen LogP contribution is 2.14. The molecule has 0 fully saturated rings. The van der Waals surface area contributed by atoms with Gasteiger partial charge in [-0.25, -0.2) is 8.42 Å². The first-order valence-electron chi connectivity index (χ1n) is 7.30. The van der Waals surface area contributed by atoms with E-state index < -0.39 is 21.5 Å². The Morgan fingerprint density at radius 3 is 2.65 bits per heavy atom. The Balaban J connectivity index is 0.00000484. The second kappa shape index (κ2) is 11.0. The molecule has 0 aliphatic rings. The summed E-state index contributed by atoms with van der Waals surface area (Å²) in [7, 11) is -3.50. The molecule has 1 aromatic rings. The molecule has 23 heavy (non-hydrogen) atoms. The predicted molar refractivity (Wildman–Crippen MR) is 99.4 cm³/mol. The van der Waals surface area contributed by atoms with Crippen molar-refractivity contribution in [2.75, 3.05) is 12.3 Å². The molecule has 0 bridgehead atoms. The fraction of sp³-hybridized carbons (Fsp3) is 0.533. The molecule has 1 aromatic carbocycles. The van der Waals surface area contributed by atoms with Gasteiger partial charge in [-0.1, -0.05) is 47.8 Å². The van der Waals surface area contributed by atoms with Gasteiger partial charge in [0.15, 0.2) is 9.84 Å². The third kappa shape index (κ3) is 9.30. The van der Waals surface area contributed by atoms with Crippen LogP contribution in [0, 0.1) is 0 Å². The second-order valence-corrected chi connectivity index (χ2v) is 8.28. The molecule has 0 saturated carbocycles. The Bertz CT molecular complexity index is 596. The Kier molecular flexibility index (Phi) is 10.7. The third-order valence-electron chi connectivity index (χ3n) is 3.18. The van der Waals surface area contributed by atoms with E-state index in [1.54, 1.807) is 18.2 Å². The minimum Gasteiger partial charge on any atom is -0.351 e. The average Bonchev–Trinajstić information content (AvgIpc) is 2.42. The van der Waals surface area contributed by atoms with E-state index in [-0.39, 0.29) is 24.2 Å². The van der Waals surface area contributed by atoms with E-state index in [9.17, 15) is 13.2 Å². The fourth-order valence-corrected chi connectivity index (χ4v) is 3.82. The van der Waals surface area contributed by atoms with Gasteiger partial charge in [-0.2, -0.15) is 0 Å². The van der Waals surface area contributed by atoms with E-state index in [4.69, 9.17) is 5.73 Å². The van der Waals surface area contributed by atoms with Crippen molar-refractivity contribution in [3.8, 4) is 0 Å². The summed E-state index contributed by atoms with van der Waals surface area (Å²) in [5.74, 6) is -1.15. The highest BCUT2D eigenvalue weighted by Gasteiger charge is 2.19. The number of nitrogens with two attached hydrogens (primary N) is 1. The number of hydrogen-bond acceptors (Lipinski definition) is 4. The van der Waals surface area contributed by atoms with Gasteiger partial charge in [-0.15, -0.1) is 12.4 Å². The van der Waals surface area contributed by atoms with Crippen LogP contribution in [0.15, 0.2) is 28.7 Å². The largest absolute Gasteiger partial charge is 0.351 e. The van der Waals surface area contributed by atoms with Gasteiger partial charge in [0.25, 0.3) is 0 Å². The molecule has 1 rings (SSSR count). The zero-order valence-electron chi connectivity index (χ0n) is 13.1. The van der Waals surface area contributed by atoms with Gasteiger partial charge in [0.05, 0.1) is 5.75 Å². The van der Waals surface area contributed by atoms with Gasteiger partial charge in [0.2, 0.25) is 5.91 Å². The standard InChI is InChI=1S/C15H23BrN2O3S.ClH/c1-2-3-7-14(9-17)18-15(19)11-22(20,21)10-12-5-4-6-13(16)8-12;/h4-6,8,14H,2-3,7,9-11,17H2,1H3,(H,18,19);1H. The molecule has 0 saturated heterocycles. The Morgan fingerprint density at radius 2 is 2.09 bits per heavy atom. The van der Waals surface area contributed by atoms with Gasteiger partial charge in [0.1, 0.15) is 5.75 Å². The topological polar surface area (TPSA) is 89.3 Å². The van der Waals surface area contributed by atoms with Crippen molar-refractivity contribution in [1.29, 1.82) is 0 Å². The van der Waals surface area contributed by atoms with Gasteiger partial charge in [-0.05, 0) is 24.1 Å². The highest BCUT2D eigenvalue weighted by molar-refractivity contribution is 9.10. The summed E-state index contributed by atoms with van der Waals surface area (Å²) < 4.78 is 25.0. The van der Waals surface area contributed by atoms with E-state index in [2.05, 4.69) is 28.2 Å². The van der Waals surface area contributed by atoms with Crippen LogP contribution in [0.1, 0.15) is 31.7 Å². The first-order valence-corrected chi connectivity index (χ1v) is 9.92. The van der Waals surface area contributed by atoms with E-state index in [0.717, 1.165) is 23.7 Å². The summed E-state index contributed by atoms with van der Waals surface area (Å²) in [4.78, 5) is 11.9.